The highest BCUT2D eigenvalue weighted by atomic mass is 35.5. The summed E-state index contributed by atoms with van der Waals surface area (Å²) in [4.78, 5) is 0. The van der Waals surface area contributed by atoms with E-state index in [1.165, 1.54) is 18.9 Å². The van der Waals surface area contributed by atoms with Gasteiger partial charge in [0.15, 0.2) is 11.6 Å². The van der Waals surface area contributed by atoms with Crippen molar-refractivity contribution >= 4 is 11.6 Å². The van der Waals surface area contributed by atoms with Crippen molar-refractivity contribution in [3.05, 3.63) is 58.6 Å². The summed E-state index contributed by atoms with van der Waals surface area (Å²) in [7, 11) is 0. The van der Waals surface area contributed by atoms with Gasteiger partial charge in [-0.2, -0.15) is 0 Å². The molecule has 1 N–H and O–H groups in total. The van der Waals surface area contributed by atoms with Crippen molar-refractivity contribution in [2.24, 2.45) is 0 Å². The lowest BCUT2D eigenvalue weighted by atomic mass is 10.2. The van der Waals surface area contributed by atoms with Crippen LogP contribution < -0.4 is 10.1 Å². The van der Waals surface area contributed by atoms with Gasteiger partial charge in [-0.25, -0.2) is 8.78 Å². The average molecular weight is 310 g/mol. The molecule has 2 aromatic rings. The summed E-state index contributed by atoms with van der Waals surface area (Å²) >= 11 is 6.20. The van der Waals surface area contributed by atoms with E-state index in [1.807, 2.05) is 6.07 Å². The quantitative estimate of drug-likeness (QED) is 0.867. The molecule has 0 spiro atoms. The van der Waals surface area contributed by atoms with Gasteiger partial charge in [0.1, 0.15) is 11.5 Å². The van der Waals surface area contributed by atoms with Gasteiger partial charge in [-0.15, -0.1) is 0 Å². The molecule has 0 unspecified atom stereocenters. The minimum Gasteiger partial charge on any atom is -0.457 e. The summed E-state index contributed by atoms with van der Waals surface area (Å²) in [5.41, 5.74) is 0.987. The minimum absolute atomic E-state index is 0.230. The summed E-state index contributed by atoms with van der Waals surface area (Å²) in [5.74, 6) is -1.12. The van der Waals surface area contributed by atoms with Crippen molar-refractivity contribution in [2.45, 2.75) is 25.4 Å². The van der Waals surface area contributed by atoms with Gasteiger partial charge in [0, 0.05) is 23.7 Å². The van der Waals surface area contributed by atoms with E-state index in [2.05, 4.69) is 5.32 Å². The molecule has 0 heterocycles. The zero-order chi connectivity index (χ0) is 14.8. The van der Waals surface area contributed by atoms with Crippen molar-refractivity contribution < 1.29 is 13.5 Å². The van der Waals surface area contributed by atoms with Crippen molar-refractivity contribution in [2.75, 3.05) is 0 Å². The van der Waals surface area contributed by atoms with Crippen LogP contribution in [-0.2, 0) is 6.54 Å². The minimum atomic E-state index is -0.941. The summed E-state index contributed by atoms with van der Waals surface area (Å²) in [6.07, 6.45) is 2.43. The molecule has 0 atom stereocenters. The largest absolute Gasteiger partial charge is 0.457 e. The highest BCUT2D eigenvalue weighted by molar-refractivity contribution is 6.31. The van der Waals surface area contributed by atoms with E-state index in [9.17, 15) is 8.78 Å². The van der Waals surface area contributed by atoms with Crippen LogP contribution in [0.25, 0.3) is 0 Å². The van der Waals surface area contributed by atoms with Crippen LogP contribution in [0.5, 0.6) is 11.5 Å². The van der Waals surface area contributed by atoms with E-state index in [0.29, 0.717) is 16.8 Å². The van der Waals surface area contributed by atoms with Crippen LogP contribution in [0.4, 0.5) is 8.78 Å². The predicted molar refractivity (Wildman–Crippen MR) is 77.7 cm³/mol. The van der Waals surface area contributed by atoms with Gasteiger partial charge in [0.2, 0.25) is 0 Å². The third kappa shape index (κ3) is 3.71. The van der Waals surface area contributed by atoms with Crippen LogP contribution in [0.2, 0.25) is 5.02 Å². The number of hydrogen-bond donors (Lipinski definition) is 1. The van der Waals surface area contributed by atoms with Gasteiger partial charge in [-0.05, 0) is 42.7 Å². The average Bonchev–Trinajstić information content (AvgIpc) is 3.26. The molecule has 1 aliphatic rings. The van der Waals surface area contributed by atoms with Gasteiger partial charge < -0.3 is 10.1 Å². The Labute approximate surface area is 126 Å². The first-order chi connectivity index (χ1) is 10.1. The van der Waals surface area contributed by atoms with Gasteiger partial charge in [0.25, 0.3) is 0 Å². The maximum atomic E-state index is 13.1. The molecule has 21 heavy (non-hydrogen) atoms. The molecule has 1 aliphatic carbocycles. The van der Waals surface area contributed by atoms with Crippen molar-refractivity contribution in [3.8, 4) is 11.5 Å². The molecule has 0 bridgehead atoms. The van der Waals surface area contributed by atoms with Gasteiger partial charge in [-0.3, -0.25) is 0 Å². The highest BCUT2D eigenvalue weighted by Gasteiger charge is 2.20. The smallest absolute Gasteiger partial charge is 0.162 e. The molecule has 2 aromatic carbocycles. The molecule has 5 heteroatoms. The molecule has 1 saturated carbocycles. The summed E-state index contributed by atoms with van der Waals surface area (Å²) in [6, 6.07) is 9.32. The van der Waals surface area contributed by atoms with Crippen LogP contribution in [-0.4, -0.2) is 6.04 Å². The fraction of sp³-hybridized carbons (Fsp3) is 0.250. The number of halogens is 3. The zero-order valence-electron chi connectivity index (χ0n) is 11.2. The number of hydrogen-bond acceptors (Lipinski definition) is 2. The normalized spacial score (nSPS) is 14.2. The van der Waals surface area contributed by atoms with Crippen LogP contribution >= 0.6 is 11.6 Å². The topological polar surface area (TPSA) is 21.3 Å². The fourth-order valence-corrected chi connectivity index (χ4v) is 2.19. The lowest BCUT2D eigenvalue weighted by Crippen LogP contribution is -2.15. The Bertz CT molecular complexity index is 659. The van der Waals surface area contributed by atoms with Crippen LogP contribution in [0, 0.1) is 11.6 Å². The zero-order valence-corrected chi connectivity index (χ0v) is 12.0. The van der Waals surface area contributed by atoms with Crippen molar-refractivity contribution in [1.82, 2.24) is 5.32 Å². The van der Waals surface area contributed by atoms with E-state index >= 15 is 0 Å². The molecule has 3 rings (SSSR count). The van der Waals surface area contributed by atoms with Crippen LogP contribution in [0.1, 0.15) is 18.4 Å². The second-order valence-corrected chi connectivity index (χ2v) is 5.49. The van der Waals surface area contributed by atoms with E-state index in [1.54, 1.807) is 12.1 Å². The Kier molecular flexibility index (Phi) is 4.08. The van der Waals surface area contributed by atoms with Crippen molar-refractivity contribution in [3.63, 3.8) is 0 Å². The Morgan fingerprint density at radius 1 is 1.05 bits per heavy atom. The van der Waals surface area contributed by atoms with E-state index in [0.717, 1.165) is 24.2 Å². The van der Waals surface area contributed by atoms with Gasteiger partial charge in [-0.1, -0.05) is 17.7 Å². The summed E-state index contributed by atoms with van der Waals surface area (Å²) < 4.78 is 31.4. The molecule has 1 fully saturated rings. The second kappa shape index (κ2) is 6.00. The Morgan fingerprint density at radius 3 is 2.43 bits per heavy atom. The van der Waals surface area contributed by atoms with Crippen molar-refractivity contribution in [1.29, 1.82) is 0 Å². The van der Waals surface area contributed by atoms with Crippen LogP contribution in [0.15, 0.2) is 36.4 Å². The van der Waals surface area contributed by atoms with Crippen LogP contribution in [0.3, 0.4) is 0 Å². The van der Waals surface area contributed by atoms with E-state index in [4.69, 9.17) is 16.3 Å². The monoisotopic (exact) mass is 309 g/mol. The maximum Gasteiger partial charge on any atom is 0.162 e. The Hall–Kier alpha value is -1.65. The predicted octanol–water partition coefficient (Wildman–Crippen LogP) is 4.66. The lowest BCUT2D eigenvalue weighted by molar-refractivity contribution is 0.461. The molecule has 0 amide bonds. The standard InChI is InChI=1S/C16H14ClF2NO/c17-14-7-12(4-1-10(14)9-20-11-2-3-11)21-13-5-6-15(18)16(19)8-13/h1,4-8,11,20H,2-3,9H2. The SMILES string of the molecule is Fc1ccc(Oc2ccc(CNC3CC3)c(Cl)c2)cc1F. The number of rotatable bonds is 5. The second-order valence-electron chi connectivity index (χ2n) is 5.09. The molecule has 0 saturated heterocycles. The molecule has 0 radical (unpaired) electrons. The summed E-state index contributed by atoms with van der Waals surface area (Å²) in [5, 5.41) is 3.97. The highest BCUT2D eigenvalue weighted by Crippen LogP contribution is 2.28. The molecule has 0 aromatic heterocycles. The third-order valence-electron chi connectivity index (χ3n) is 3.31. The molecule has 0 aliphatic heterocycles. The molecule has 2 nitrogen and oxygen atoms in total. The molecular formula is C16H14ClF2NO. The number of ether oxygens (including phenoxy) is 1. The molecular weight excluding hydrogens is 296 g/mol. The Balaban J connectivity index is 1.70. The first-order valence-electron chi connectivity index (χ1n) is 6.76. The van der Waals surface area contributed by atoms with E-state index < -0.39 is 11.6 Å². The van der Waals surface area contributed by atoms with E-state index in [-0.39, 0.29) is 5.75 Å². The Morgan fingerprint density at radius 2 is 1.76 bits per heavy atom. The molecule has 110 valence electrons. The third-order valence-corrected chi connectivity index (χ3v) is 3.66. The first kappa shape index (κ1) is 14.3. The summed E-state index contributed by atoms with van der Waals surface area (Å²) in [6.45, 7) is 0.717. The van der Waals surface area contributed by atoms with Gasteiger partial charge in [0.05, 0.1) is 0 Å². The number of nitrogens with one attached hydrogen (secondary N) is 1. The number of benzene rings is 2. The first-order valence-corrected chi connectivity index (χ1v) is 7.14. The lowest BCUT2D eigenvalue weighted by Gasteiger charge is -2.10. The van der Waals surface area contributed by atoms with Gasteiger partial charge >= 0.3 is 0 Å². The fourth-order valence-electron chi connectivity index (χ4n) is 1.95. The maximum absolute atomic E-state index is 13.1.